The van der Waals surface area contributed by atoms with E-state index in [0.29, 0.717) is 42.2 Å². The smallest absolute Gasteiger partial charge is 0.264 e. The van der Waals surface area contributed by atoms with E-state index in [-0.39, 0.29) is 23.6 Å². The van der Waals surface area contributed by atoms with E-state index in [1.165, 1.54) is 31.4 Å². The fourth-order valence-electron chi connectivity index (χ4n) is 9.39. The number of carbonyl (C=O) groups is 1. The van der Waals surface area contributed by atoms with Crippen molar-refractivity contribution in [2.45, 2.75) is 109 Å². The molecule has 1 amide bonds. The Morgan fingerprint density at radius 2 is 1.79 bits per heavy atom. The highest BCUT2D eigenvalue weighted by atomic mass is 19.3. The Morgan fingerprint density at radius 3 is 2.47 bits per heavy atom. The summed E-state index contributed by atoms with van der Waals surface area (Å²) in [5.74, 6) is 0.873. The van der Waals surface area contributed by atoms with Crippen molar-refractivity contribution in [3.05, 3.63) is 46.9 Å². The van der Waals surface area contributed by atoms with Gasteiger partial charge in [-0.05, 0) is 92.9 Å². The zero-order chi connectivity index (χ0) is 32.4. The summed E-state index contributed by atoms with van der Waals surface area (Å²) in [4.78, 5) is 19.3. The highest BCUT2D eigenvalue weighted by Crippen LogP contribution is 2.54. The maximum Gasteiger partial charge on any atom is 0.264 e. The Labute approximate surface area is 275 Å². The van der Waals surface area contributed by atoms with Gasteiger partial charge in [-0.25, -0.2) is 8.78 Å². The first-order valence-electron chi connectivity index (χ1n) is 17.7. The summed E-state index contributed by atoms with van der Waals surface area (Å²) in [5, 5.41) is 19.6. The number of nitrogens with zero attached hydrogens (tertiary/aromatic N) is 7. The van der Waals surface area contributed by atoms with Gasteiger partial charge >= 0.3 is 0 Å². The highest BCUT2D eigenvalue weighted by Gasteiger charge is 2.48. The van der Waals surface area contributed by atoms with Crippen molar-refractivity contribution in [2.24, 2.45) is 12.5 Å². The van der Waals surface area contributed by atoms with Crippen molar-refractivity contribution in [1.82, 2.24) is 29.4 Å². The van der Waals surface area contributed by atoms with Crippen LogP contribution in [0, 0.1) is 5.41 Å². The molecular formula is C36H47F2N7O2. The van der Waals surface area contributed by atoms with Gasteiger partial charge in [0.25, 0.3) is 6.43 Å². The zero-order valence-corrected chi connectivity index (χ0v) is 27.7. The van der Waals surface area contributed by atoms with Crippen molar-refractivity contribution in [3.63, 3.8) is 0 Å². The summed E-state index contributed by atoms with van der Waals surface area (Å²) >= 11 is 0. The van der Waals surface area contributed by atoms with Crippen LogP contribution in [0.1, 0.15) is 99.6 Å². The lowest BCUT2D eigenvalue weighted by Crippen LogP contribution is -2.54. The van der Waals surface area contributed by atoms with Crippen LogP contribution >= 0.6 is 0 Å². The van der Waals surface area contributed by atoms with E-state index in [1.807, 2.05) is 11.0 Å². The molecule has 3 aliphatic heterocycles. The lowest BCUT2D eigenvalue weighted by molar-refractivity contribution is -0.129. The van der Waals surface area contributed by atoms with E-state index in [4.69, 9.17) is 5.10 Å². The number of halogens is 2. The topological polar surface area (TPSA) is 82.7 Å². The highest BCUT2D eigenvalue weighted by molar-refractivity contribution is 5.78. The molecule has 1 N–H and O–H groups in total. The minimum atomic E-state index is -2.63. The number of aliphatic hydroxyl groups is 1. The lowest BCUT2D eigenvalue weighted by atomic mass is 9.57. The van der Waals surface area contributed by atoms with Crippen LogP contribution in [0.4, 0.5) is 20.3 Å². The molecule has 2 aliphatic carbocycles. The molecule has 2 saturated carbocycles. The van der Waals surface area contributed by atoms with E-state index in [2.05, 4.69) is 19.6 Å². The van der Waals surface area contributed by atoms with Crippen LogP contribution < -0.4 is 4.90 Å². The van der Waals surface area contributed by atoms with Gasteiger partial charge in [0.1, 0.15) is 0 Å². The number of piperidine rings is 1. The molecule has 3 fully saturated rings. The molecule has 0 bridgehead atoms. The third kappa shape index (κ3) is 5.57. The summed E-state index contributed by atoms with van der Waals surface area (Å²) in [7, 11) is 1.80. The molecular weight excluding hydrogens is 600 g/mol. The summed E-state index contributed by atoms with van der Waals surface area (Å²) in [6.07, 6.45) is 12.0. The van der Waals surface area contributed by atoms with E-state index in [0.717, 1.165) is 80.7 Å². The molecule has 0 unspecified atom stereocenters. The monoisotopic (exact) mass is 647 g/mol. The number of benzene rings is 1. The predicted octanol–water partition coefficient (Wildman–Crippen LogP) is 5.93. The number of fused-ring (bicyclic) bond motifs is 2. The number of carbonyl (C=O) groups excluding carboxylic acids is 1. The molecule has 9 nitrogen and oxygen atoms in total. The Balaban J connectivity index is 1.08. The molecule has 8 rings (SSSR count). The van der Waals surface area contributed by atoms with Crippen molar-refractivity contribution >= 4 is 17.4 Å². The maximum absolute atomic E-state index is 14.6. The van der Waals surface area contributed by atoms with Gasteiger partial charge in [0, 0.05) is 86.9 Å². The van der Waals surface area contributed by atoms with Gasteiger partial charge in [0.05, 0.1) is 24.9 Å². The van der Waals surface area contributed by atoms with Crippen LogP contribution in [0.15, 0.2) is 24.5 Å². The molecule has 0 atom stereocenters. The first kappa shape index (κ1) is 31.0. The third-order valence-corrected chi connectivity index (χ3v) is 12.1. The molecule has 2 aromatic heterocycles. The Kier molecular flexibility index (Phi) is 7.90. The Hall–Kier alpha value is -3.31. The van der Waals surface area contributed by atoms with Crippen LogP contribution in [0.3, 0.4) is 0 Å². The first-order valence-corrected chi connectivity index (χ1v) is 17.7. The van der Waals surface area contributed by atoms with Crippen LogP contribution in [-0.2, 0) is 31.2 Å². The third-order valence-electron chi connectivity index (χ3n) is 12.1. The first-order chi connectivity index (χ1) is 22.7. The van der Waals surface area contributed by atoms with E-state index in [1.54, 1.807) is 37.1 Å². The molecule has 252 valence electrons. The standard InChI is InChI=1S/C36H47F2N7O2/c1-23(46)43-15-9-32-31(22-43)35(40-45(32)26-7-13-42(14-8-26)27-18-36(19-27)10-5-28(47)6-11-36)44-12-3-4-24-16-29(25-20-39-41(2)21-25)30(34(37)38)17-33(24)44/h16-17,20-21,26-28,34,47H,3-15,18-19,22H2,1-2H3. The van der Waals surface area contributed by atoms with Crippen molar-refractivity contribution in [2.75, 3.05) is 31.1 Å². The molecule has 5 aliphatic rings. The summed E-state index contributed by atoms with van der Waals surface area (Å²) in [6, 6.07) is 4.55. The Bertz CT molecular complexity index is 1640. The van der Waals surface area contributed by atoms with Gasteiger partial charge in [-0.15, -0.1) is 0 Å². The largest absolute Gasteiger partial charge is 0.393 e. The molecule has 1 saturated heterocycles. The number of hydrogen-bond acceptors (Lipinski definition) is 6. The molecule has 0 radical (unpaired) electrons. The predicted molar refractivity (Wildman–Crippen MR) is 176 cm³/mol. The van der Waals surface area contributed by atoms with Crippen molar-refractivity contribution in [3.8, 4) is 11.1 Å². The van der Waals surface area contributed by atoms with Gasteiger partial charge in [0.15, 0.2) is 5.82 Å². The normalized spacial score (nSPS) is 26.9. The molecule has 47 heavy (non-hydrogen) atoms. The Morgan fingerprint density at radius 1 is 1.02 bits per heavy atom. The number of anilines is 2. The second-order valence-electron chi connectivity index (χ2n) is 15.0. The number of amides is 1. The fraction of sp³-hybridized carbons (Fsp3) is 0.639. The molecule has 1 aromatic carbocycles. The van der Waals surface area contributed by atoms with Crippen molar-refractivity contribution < 1.29 is 18.7 Å². The zero-order valence-electron chi connectivity index (χ0n) is 27.7. The molecule has 5 heterocycles. The number of aliphatic hydroxyl groups excluding tert-OH is 1. The average molecular weight is 648 g/mol. The average Bonchev–Trinajstić information content (AvgIpc) is 3.66. The van der Waals surface area contributed by atoms with Gasteiger partial charge < -0.3 is 19.8 Å². The number of alkyl halides is 2. The molecule has 3 aromatic rings. The van der Waals surface area contributed by atoms with E-state index >= 15 is 0 Å². The minimum Gasteiger partial charge on any atom is -0.393 e. The quantitative estimate of drug-likeness (QED) is 0.370. The van der Waals surface area contributed by atoms with Gasteiger partial charge in [-0.2, -0.15) is 10.2 Å². The lowest BCUT2D eigenvalue weighted by Gasteiger charge is -2.55. The van der Waals surface area contributed by atoms with Gasteiger partial charge in [-0.3, -0.25) is 14.2 Å². The summed E-state index contributed by atoms with van der Waals surface area (Å²) < 4.78 is 33.1. The number of hydrogen-bond donors (Lipinski definition) is 1. The SMILES string of the molecule is CC(=O)N1CCc2c(c(N3CCCc4cc(-c5cnn(C)c5)c(C(F)F)cc43)nn2C2CCN(C3CC4(CCC(O)CC4)C3)CC2)C1. The van der Waals surface area contributed by atoms with Gasteiger partial charge in [0.2, 0.25) is 5.91 Å². The second kappa shape index (κ2) is 12.0. The maximum atomic E-state index is 14.6. The van der Waals surface area contributed by atoms with Crippen LogP contribution in [-0.4, -0.2) is 78.7 Å². The second-order valence-corrected chi connectivity index (χ2v) is 15.0. The summed E-state index contributed by atoms with van der Waals surface area (Å²) in [6.45, 7) is 5.60. The summed E-state index contributed by atoms with van der Waals surface area (Å²) in [5.41, 5.74) is 5.82. The fourth-order valence-corrected chi connectivity index (χ4v) is 9.39. The molecule has 1 spiro atoms. The number of rotatable bonds is 5. The number of aryl methyl sites for hydroxylation is 2. The van der Waals surface area contributed by atoms with Crippen LogP contribution in [0.25, 0.3) is 11.1 Å². The van der Waals surface area contributed by atoms with E-state index < -0.39 is 6.43 Å². The molecule has 11 heteroatoms. The van der Waals surface area contributed by atoms with Crippen molar-refractivity contribution in [1.29, 1.82) is 0 Å². The van der Waals surface area contributed by atoms with Crippen LogP contribution in [0.5, 0.6) is 0 Å². The van der Waals surface area contributed by atoms with Crippen LogP contribution in [0.2, 0.25) is 0 Å². The number of likely N-dealkylation sites (tertiary alicyclic amines) is 1. The van der Waals surface area contributed by atoms with Gasteiger partial charge in [-0.1, -0.05) is 0 Å². The number of aromatic nitrogens is 4. The van der Waals surface area contributed by atoms with E-state index in [9.17, 15) is 18.7 Å². The minimum absolute atomic E-state index is 0.0110.